The van der Waals surface area contributed by atoms with Crippen LogP contribution in [0.4, 0.5) is 4.39 Å². The van der Waals surface area contributed by atoms with Crippen LogP contribution in [0.2, 0.25) is 0 Å². The van der Waals surface area contributed by atoms with Gasteiger partial charge in [-0.3, -0.25) is 9.59 Å². The zero-order valence-corrected chi connectivity index (χ0v) is 22.4. The number of Topliss-reactive ketones (excluding diaryl/α,β-unsaturated/α-hetero) is 1. The van der Waals surface area contributed by atoms with Crippen molar-refractivity contribution in [2.75, 3.05) is 7.11 Å². The molecule has 1 saturated carbocycles. The minimum atomic E-state index is -0.800. The summed E-state index contributed by atoms with van der Waals surface area (Å²) < 4.78 is 26.2. The Kier molecular flexibility index (Phi) is 8.20. The van der Waals surface area contributed by atoms with Crippen LogP contribution in [0, 0.1) is 17.2 Å². The number of ether oxygens (including phenoxy) is 2. The fourth-order valence-electron chi connectivity index (χ4n) is 4.67. The maximum absolute atomic E-state index is 14.8. The molecular weight excluding hydrogens is 483 g/mol. The Morgan fingerprint density at radius 1 is 1.00 bits per heavy atom. The maximum atomic E-state index is 14.8. The first kappa shape index (κ1) is 27.4. The second kappa shape index (κ2) is 11.4. The number of rotatable bonds is 11. The minimum Gasteiger partial charge on any atom is -0.497 e. The molecule has 0 aromatic heterocycles. The Bertz CT molecular complexity index is 1320. The molecule has 0 spiro atoms. The van der Waals surface area contributed by atoms with E-state index in [-0.39, 0.29) is 24.7 Å². The number of carboxylic acid groups (broad SMARTS) is 1. The van der Waals surface area contributed by atoms with Gasteiger partial charge < -0.3 is 14.6 Å². The van der Waals surface area contributed by atoms with Crippen LogP contribution in [0.1, 0.15) is 73.9 Å². The summed E-state index contributed by atoms with van der Waals surface area (Å²) in [5.74, 6) is 0.371. The molecule has 1 N–H and O–H groups in total. The summed E-state index contributed by atoms with van der Waals surface area (Å²) >= 11 is 0. The lowest BCUT2D eigenvalue weighted by Gasteiger charge is -2.21. The molecule has 6 heteroatoms. The third-order valence-corrected chi connectivity index (χ3v) is 6.94. The molecule has 1 atom stereocenters. The molecule has 1 fully saturated rings. The van der Waals surface area contributed by atoms with Crippen molar-refractivity contribution in [1.29, 1.82) is 0 Å². The summed E-state index contributed by atoms with van der Waals surface area (Å²) in [6.07, 6.45) is 3.30. The Morgan fingerprint density at radius 2 is 1.76 bits per heavy atom. The standard InChI is InChI=1S/C32H35FO5/c1-32(2,3)31(36)28-15-21(10-12-26(28)27-18-24(37-4)11-13-29(27)33)19-38-25-7-5-6-22(16-25)23(17-30(34)35)14-20-8-9-20/h5-7,10-13,15-16,18,20,23H,8-9,14,17,19H2,1-4H3,(H,34,35)/t23-/m0/s1. The lowest BCUT2D eigenvalue weighted by molar-refractivity contribution is -0.137. The van der Waals surface area contributed by atoms with Crippen LogP contribution in [0.15, 0.2) is 60.7 Å². The number of ketones is 1. The van der Waals surface area contributed by atoms with E-state index in [9.17, 15) is 19.1 Å². The number of benzene rings is 3. The monoisotopic (exact) mass is 518 g/mol. The molecule has 1 aliphatic rings. The van der Waals surface area contributed by atoms with Crippen molar-refractivity contribution in [3.8, 4) is 22.6 Å². The van der Waals surface area contributed by atoms with Gasteiger partial charge in [0.15, 0.2) is 5.78 Å². The molecule has 38 heavy (non-hydrogen) atoms. The van der Waals surface area contributed by atoms with Crippen molar-refractivity contribution in [3.63, 3.8) is 0 Å². The van der Waals surface area contributed by atoms with Crippen LogP contribution in [0.5, 0.6) is 11.5 Å². The van der Waals surface area contributed by atoms with E-state index in [0.29, 0.717) is 34.1 Å². The van der Waals surface area contributed by atoms with E-state index in [1.165, 1.54) is 13.2 Å². The largest absolute Gasteiger partial charge is 0.497 e. The summed E-state index contributed by atoms with van der Waals surface area (Å²) in [6, 6.07) is 17.4. The molecule has 4 rings (SSSR count). The fourth-order valence-corrected chi connectivity index (χ4v) is 4.67. The molecule has 3 aromatic carbocycles. The van der Waals surface area contributed by atoms with E-state index < -0.39 is 17.2 Å². The van der Waals surface area contributed by atoms with Crippen LogP contribution >= 0.6 is 0 Å². The highest BCUT2D eigenvalue weighted by atomic mass is 19.1. The van der Waals surface area contributed by atoms with Crippen LogP contribution in [-0.2, 0) is 11.4 Å². The highest BCUT2D eigenvalue weighted by Crippen LogP contribution is 2.40. The lowest BCUT2D eigenvalue weighted by atomic mass is 9.82. The Morgan fingerprint density at radius 3 is 2.42 bits per heavy atom. The molecule has 5 nitrogen and oxygen atoms in total. The van der Waals surface area contributed by atoms with Crippen LogP contribution in [0.25, 0.3) is 11.1 Å². The maximum Gasteiger partial charge on any atom is 0.303 e. The first-order chi connectivity index (χ1) is 18.0. The van der Waals surface area contributed by atoms with Crippen LogP contribution < -0.4 is 9.47 Å². The van der Waals surface area contributed by atoms with Gasteiger partial charge in [-0.25, -0.2) is 4.39 Å². The normalized spacial score (nSPS) is 14.1. The number of carbonyl (C=O) groups excluding carboxylic acids is 1. The number of aliphatic carboxylic acids is 1. The first-order valence-corrected chi connectivity index (χ1v) is 13.0. The molecule has 0 bridgehead atoms. The number of halogens is 1. The molecule has 1 aliphatic carbocycles. The van der Waals surface area contributed by atoms with Gasteiger partial charge in [-0.1, -0.05) is 57.9 Å². The number of carboxylic acids is 1. The van der Waals surface area contributed by atoms with E-state index in [2.05, 4.69) is 0 Å². The van der Waals surface area contributed by atoms with Crippen molar-refractivity contribution in [2.45, 2.75) is 59.0 Å². The smallest absolute Gasteiger partial charge is 0.303 e. The number of carbonyl (C=O) groups is 2. The summed E-state index contributed by atoms with van der Waals surface area (Å²) in [6.45, 7) is 5.72. The van der Waals surface area contributed by atoms with Crippen molar-refractivity contribution >= 4 is 11.8 Å². The topological polar surface area (TPSA) is 72.8 Å². The van der Waals surface area contributed by atoms with Crippen LogP contribution in [-0.4, -0.2) is 24.0 Å². The summed E-state index contributed by atoms with van der Waals surface area (Å²) in [7, 11) is 1.52. The average Bonchev–Trinajstić information content (AvgIpc) is 3.70. The lowest BCUT2D eigenvalue weighted by Crippen LogP contribution is -2.21. The van der Waals surface area contributed by atoms with Gasteiger partial charge in [0.2, 0.25) is 0 Å². The molecule has 0 aliphatic heterocycles. The van der Waals surface area contributed by atoms with E-state index in [1.807, 2.05) is 51.1 Å². The van der Waals surface area contributed by atoms with Gasteiger partial charge in [-0.2, -0.15) is 0 Å². The van der Waals surface area contributed by atoms with E-state index in [4.69, 9.17) is 9.47 Å². The van der Waals surface area contributed by atoms with Gasteiger partial charge in [0.25, 0.3) is 0 Å². The molecule has 0 amide bonds. The zero-order chi connectivity index (χ0) is 27.4. The predicted octanol–water partition coefficient (Wildman–Crippen LogP) is 7.67. The van der Waals surface area contributed by atoms with E-state index in [1.54, 1.807) is 24.3 Å². The van der Waals surface area contributed by atoms with E-state index >= 15 is 0 Å². The third kappa shape index (κ3) is 6.80. The van der Waals surface area contributed by atoms with Crippen molar-refractivity contribution in [2.24, 2.45) is 11.3 Å². The van der Waals surface area contributed by atoms with Crippen molar-refractivity contribution in [3.05, 3.63) is 83.2 Å². The fraction of sp³-hybridized carbons (Fsp3) is 0.375. The number of hydrogen-bond donors (Lipinski definition) is 1. The number of methoxy groups -OCH3 is 1. The Hall–Kier alpha value is -3.67. The second-order valence-corrected chi connectivity index (χ2v) is 11.1. The molecule has 0 radical (unpaired) electrons. The second-order valence-electron chi connectivity index (χ2n) is 11.1. The molecule has 0 unspecified atom stereocenters. The highest BCUT2D eigenvalue weighted by Gasteiger charge is 2.28. The molecular formula is C32H35FO5. The molecule has 200 valence electrons. The van der Waals surface area contributed by atoms with Gasteiger partial charge in [-0.15, -0.1) is 0 Å². The summed E-state index contributed by atoms with van der Waals surface area (Å²) in [4.78, 5) is 24.8. The molecule has 3 aromatic rings. The zero-order valence-electron chi connectivity index (χ0n) is 22.4. The third-order valence-electron chi connectivity index (χ3n) is 6.94. The van der Waals surface area contributed by atoms with E-state index in [0.717, 1.165) is 30.4 Å². The Balaban J connectivity index is 1.60. The van der Waals surface area contributed by atoms with Gasteiger partial charge in [-0.05, 0) is 71.3 Å². The van der Waals surface area contributed by atoms with Gasteiger partial charge >= 0.3 is 5.97 Å². The predicted molar refractivity (Wildman–Crippen MR) is 145 cm³/mol. The highest BCUT2D eigenvalue weighted by molar-refractivity contribution is 6.05. The Labute approximate surface area is 223 Å². The van der Waals surface area contributed by atoms with Crippen LogP contribution in [0.3, 0.4) is 0 Å². The summed E-state index contributed by atoms with van der Waals surface area (Å²) in [5, 5.41) is 9.39. The van der Waals surface area contributed by atoms with Crippen molar-refractivity contribution in [1.82, 2.24) is 0 Å². The van der Waals surface area contributed by atoms with Gasteiger partial charge in [0, 0.05) is 16.5 Å². The van der Waals surface area contributed by atoms with Gasteiger partial charge in [0.05, 0.1) is 13.5 Å². The quantitative estimate of drug-likeness (QED) is 0.264. The van der Waals surface area contributed by atoms with Crippen molar-refractivity contribution < 1.29 is 28.6 Å². The summed E-state index contributed by atoms with van der Waals surface area (Å²) in [5.41, 5.74) is 2.30. The minimum absolute atomic E-state index is 0.0448. The first-order valence-electron chi connectivity index (χ1n) is 13.0. The number of hydrogen-bond acceptors (Lipinski definition) is 4. The SMILES string of the molecule is COc1ccc(F)c(-c2ccc(COc3cccc([C@H](CC(=O)O)CC4CC4)c3)cc2C(=O)C(C)(C)C)c1. The molecule has 0 heterocycles. The molecule has 0 saturated heterocycles. The average molecular weight is 519 g/mol. The van der Waals surface area contributed by atoms with Gasteiger partial charge in [0.1, 0.15) is 23.9 Å².